The monoisotopic (exact) mass is 433 g/mol. The van der Waals surface area contributed by atoms with E-state index in [4.69, 9.17) is 21.1 Å². The second kappa shape index (κ2) is 9.71. The summed E-state index contributed by atoms with van der Waals surface area (Å²) in [6.07, 6.45) is 0.896. The van der Waals surface area contributed by atoms with E-state index >= 15 is 0 Å². The predicted molar refractivity (Wildman–Crippen MR) is 108 cm³/mol. The van der Waals surface area contributed by atoms with Crippen molar-refractivity contribution >= 4 is 29.3 Å². The number of piperidine rings is 1. The predicted octanol–water partition coefficient (Wildman–Crippen LogP) is 3.77. The van der Waals surface area contributed by atoms with Gasteiger partial charge in [0.1, 0.15) is 0 Å². The Morgan fingerprint density at radius 3 is 2.30 bits per heavy atom. The highest BCUT2D eigenvalue weighted by Crippen LogP contribution is 2.22. The maximum absolute atomic E-state index is 13.7. The first-order valence-electron chi connectivity index (χ1n) is 9.47. The number of halogens is 2. The molecule has 158 valence electrons. The van der Waals surface area contributed by atoms with Crippen LogP contribution < -0.4 is 4.74 Å². The minimum Gasteiger partial charge on any atom is -0.494 e. The van der Waals surface area contributed by atoms with Crippen LogP contribution in [0.25, 0.3) is 0 Å². The summed E-state index contributed by atoms with van der Waals surface area (Å²) in [5.74, 6) is -2.12. The molecule has 6 nitrogen and oxygen atoms in total. The molecule has 1 aliphatic heterocycles. The highest BCUT2D eigenvalue weighted by molar-refractivity contribution is 6.30. The van der Waals surface area contributed by atoms with Crippen molar-refractivity contribution < 1.29 is 28.2 Å². The SMILES string of the molecule is COc1ccc(C(=O)COC(=O)C2CCN(C(=O)c3ccc(Cl)cc3)CC2)cc1F. The Kier molecular flexibility index (Phi) is 7.05. The Hall–Kier alpha value is -2.93. The van der Waals surface area contributed by atoms with Gasteiger partial charge in [-0.15, -0.1) is 0 Å². The van der Waals surface area contributed by atoms with E-state index in [1.807, 2.05) is 0 Å². The van der Waals surface area contributed by atoms with Crippen molar-refractivity contribution in [3.8, 4) is 5.75 Å². The molecule has 0 unspecified atom stereocenters. The Labute approximate surface area is 178 Å². The number of hydrogen-bond donors (Lipinski definition) is 0. The fourth-order valence-corrected chi connectivity index (χ4v) is 3.40. The summed E-state index contributed by atoms with van der Waals surface area (Å²) in [7, 11) is 1.33. The second-order valence-corrected chi connectivity index (χ2v) is 7.39. The van der Waals surface area contributed by atoms with Crippen LogP contribution in [0, 0.1) is 11.7 Å². The molecule has 1 amide bonds. The lowest BCUT2D eigenvalue weighted by Gasteiger charge is -2.31. The fourth-order valence-electron chi connectivity index (χ4n) is 3.27. The Morgan fingerprint density at radius 1 is 1.07 bits per heavy atom. The third kappa shape index (κ3) is 5.16. The molecule has 8 heteroatoms. The van der Waals surface area contributed by atoms with E-state index in [2.05, 4.69) is 0 Å². The van der Waals surface area contributed by atoms with Gasteiger partial charge in [-0.25, -0.2) is 4.39 Å². The van der Waals surface area contributed by atoms with E-state index < -0.39 is 24.2 Å². The summed E-state index contributed by atoms with van der Waals surface area (Å²) in [6, 6.07) is 10.5. The first-order valence-corrected chi connectivity index (χ1v) is 9.85. The summed E-state index contributed by atoms with van der Waals surface area (Å²) in [5, 5.41) is 0.555. The summed E-state index contributed by atoms with van der Waals surface area (Å²) >= 11 is 5.84. The lowest BCUT2D eigenvalue weighted by molar-refractivity contribution is -0.148. The van der Waals surface area contributed by atoms with Crippen LogP contribution in [0.5, 0.6) is 5.75 Å². The number of nitrogens with zero attached hydrogens (tertiary/aromatic N) is 1. The van der Waals surface area contributed by atoms with E-state index in [1.165, 1.54) is 19.2 Å². The summed E-state index contributed by atoms with van der Waals surface area (Å²) in [5.41, 5.74) is 0.641. The fraction of sp³-hybridized carbons (Fsp3) is 0.318. The standard InChI is InChI=1S/C22H21ClFNO5/c1-29-20-7-4-16(12-18(20)24)19(26)13-30-22(28)15-8-10-25(11-9-15)21(27)14-2-5-17(23)6-3-14/h2-7,12,15H,8-11,13H2,1H3. The summed E-state index contributed by atoms with van der Waals surface area (Å²) in [6.45, 7) is 0.367. The Bertz CT molecular complexity index is 939. The molecule has 1 aliphatic rings. The number of esters is 1. The van der Waals surface area contributed by atoms with Gasteiger partial charge in [0.05, 0.1) is 13.0 Å². The van der Waals surface area contributed by atoms with Crippen molar-refractivity contribution in [2.75, 3.05) is 26.8 Å². The van der Waals surface area contributed by atoms with Crippen molar-refractivity contribution in [1.29, 1.82) is 0 Å². The van der Waals surface area contributed by atoms with Gasteiger partial charge in [-0.05, 0) is 55.3 Å². The molecule has 0 aliphatic carbocycles. The molecule has 0 N–H and O–H groups in total. The number of methoxy groups -OCH3 is 1. The van der Waals surface area contributed by atoms with Gasteiger partial charge < -0.3 is 14.4 Å². The minimum absolute atomic E-state index is 0.0310. The van der Waals surface area contributed by atoms with E-state index in [0.717, 1.165) is 6.07 Å². The number of likely N-dealkylation sites (tertiary alicyclic amines) is 1. The highest BCUT2D eigenvalue weighted by atomic mass is 35.5. The molecule has 0 spiro atoms. The number of ether oxygens (including phenoxy) is 2. The van der Waals surface area contributed by atoms with Crippen LogP contribution in [-0.4, -0.2) is 49.4 Å². The lowest BCUT2D eigenvalue weighted by Crippen LogP contribution is -2.40. The Balaban J connectivity index is 1.48. The third-order valence-corrected chi connectivity index (χ3v) is 5.28. The van der Waals surface area contributed by atoms with Gasteiger partial charge in [0.25, 0.3) is 5.91 Å². The molecule has 1 fully saturated rings. The first-order chi connectivity index (χ1) is 14.4. The topological polar surface area (TPSA) is 72.9 Å². The summed E-state index contributed by atoms with van der Waals surface area (Å²) < 4.78 is 23.7. The van der Waals surface area contributed by atoms with Crippen LogP contribution in [0.4, 0.5) is 4.39 Å². The molecule has 0 bridgehead atoms. The Morgan fingerprint density at radius 2 is 1.70 bits per heavy atom. The van der Waals surface area contributed by atoms with Crippen LogP contribution in [-0.2, 0) is 9.53 Å². The van der Waals surface area contributed by atoms with Crippen molar-refractivity contribution in [2.45, 2.75) is 12.8 Å². The maximum atomic E-state index is 13.7. The average molecular weight is 434 g/mol. The number of Topliss-reactive ketones (excluding diaryl/α,β-unsaturated/α-hetero) is 1. The van der Waals surface area contributed by atoms with E-state index in [9.17, 15) is 18.8 Å². The molecule has 3 rings (SSSR count). The van der Waals surface area contributed by atoms with E-state index in [-0.39, 0.29) is 23.1 Å². The zero-order chi connectivity index (χ0) is 21.7. The molecule has 2 aromatic carbocycles. The number of carbonyl (C=O) groups excluding carboxylic acids is 3. The maximum Gasteiger partial charge on any atom is 0.309 e. The van der Waals surface area contributed by atoms with E-state index in [1.54, 1.807) is 29.2 Å². The van der Waals surface area contributed by atoms with Gasteiger partial charge in [0, 0.05) is 29.2 Å². The van der Waals surface area contributed by atoms with Gasteiger partial charge in [0.2, 0.25) is 0 Å². The number of rotatable bonds is 6. The zero-order valence-electron chi connectivity index (χ0n) is 16.4. The van der Waals surface area contributed by atoms with Crippen molar-refractivity contribution in [1.82, 2.24) is 4.90 Å². The molecule has 1 heterocycles. The van der Waals surface area contributed by atoms with Gasteiger partial charge in [0.15, 0.2) is 24.0 Å². The number of carbonyl (C=O) groups is 3. The van der Waals surface area contributed by atoms with E-state index in [0.29, 0.717) is 36.5 Å². The smallest absolute Gasteiger partial charge is 0.309 e. The lowest BCUT2D eigenvalue weighted by atomic mass is 9.96. The molecule has 1 saturated heterocycles. The molecule has 0 atom stereocenters. The summed E-state index contributed by atoms with van der Waals surface area (Å²) in [4.78, 5) is 38.7. The highest BCUT2D eigenvalue weighted by Gasteiger charge is 2.29. The van der Waals surface area contributed by atoms with Crippen LogP contribution in [0.2, 0.25) is 5.02 Å². The van der Waals surface area contributed by atoms with Crippen LogP contribution in [0.3, 0.4) is 0 Å². The molecular weight excluding hydrogens is 413 g/mol. The molecule has 2 aromatic rings. The minimum atomic E-state index is -0.660. The molecule has 0 saturated carbocycles. The second-order valence-electron chi connectivity index (χ2n) is 6.95. The van der Waals surface area contributed by atoms with Crippen LogP contribution >= 0.6 is 11.6 Å². The van der Waals surface area contributed by atoms with Crippen molar-refractivity contribution in [3.63, 3.8) is 0 Å². The van der Waals surface area contributed by atoms with Crippen LogP contribution in [0.15, 0.2) is 42.5 Å². The van der Waals surface area contributed by atoms with Gasteiger partial charge >= 0.3 is 5.97 Å². The molecular formula is C22H21ClFNO5. The number of benzene rings is 2. The molecule has 0 radical (unpaired) electrons. The van der Waals surface area contributed by atoms with Crippen molar-refractivity contribution in [2.24, 2.45) is 5.92 Å². The third-order valence-electron chi connectivity index (χ3n) is 5.03. The first kappa shape index (κ1) is 21.8. The number of hydrogen-bond acceptors (Lipinski definition) is 5. The van der Waals surface area contributed by atoms with Gasteiger partial charge in [-0.1, -0.05) is 11.6 Å². The number of amides is 1. The zero-order valence-corrected chi connectivity index (χ0v) is 17.2. The molecule has 30 heavy (non-hydrogen) atoms. The quantitative estimate of drug-likeness (QED) is 0.512. The van der Waals surface area contributed by atoms with Gasteiger partial charge in [-0.2, -0.15) is 0 Å². The number of ketones is 1. The van der Waals surface area contributed by atoms with Crippen LogP contribution in [0.1, 0.15) is 33.6 Å². The largest absolute Gasteiger partial charge is 0.494 e. The molecule has 0 aromatic heterocycles. The normalized spacial score (nSPS) is 14.3. The van der Waals surface area contributed by atoms with Gasteiger partial charge in [-0.3, -0.25) is 14.4 Å². The van der Waals surface area contributed by atoms with Crippen molar-refractivity contribution in [3.05, 3.63) is 64.4 Å². The average Bonchev–Trinajstić information content (AvgIpc) is 2.77.